The molecular weight excluding hydrogens is 1240 g/mol. The summed E-state index contributed by atoms with van der Waals surface area (Å²) in [5.41, 5.74) is 28.0. The lowest BCUT2D eigenvalue weighted by Crippen LogP contribution is -2.64. The molecule has 470 valence electrons. The second-order valence-corrected chi connectivity index (χ2v) is 33.7. The predicted octanol–water partition coefficient (Wildman–Crippen LogP) is 20.8. The Kier molecular flexibility index (Phi) is 12.3. The van der Waals surface area contributed by atoms with E-state index >= 15 is 0 Å². The summed E-state index contributed by atoms with van der Waals surface area (Å²) in [5.74, 6) is 1.78. The Balaban J connectivity index is 0.884. The molecule has 6 nitrogen and oxygen atoms in total. The maximum Gasteiger partial charge on any atom is 0.268 e. The molecule has 7 heterocycles. The van der Waals surface area contributed by atoms with Crippen molar-refractivity contribution < 1.29 is 4.74 Å². The third kappa shape index (κ3) is 8.38. The van der Waals surface area contributed by atoms with Crippen LogP contribution in [0.2, 0.25) is 0 Å². The lowest BCUT2D eigenvalue weighted by atomic mass is 9.31. The van der Waals surface area contributed by atoms with Crippen molar-refractivity contribution in [2.45, 2.75) is 122 Å². The van der Waals surface area contributed by atoms with Crippen LogP contribution in [0.15, 0.2) is 256 Å². The molecule has 0 fully saturated rings. The molecule has 0 spiro atoms. The van der Waals surface area contributed by atoms with Crippen molar-refractivity contribution in [2.24, 2.45) is 0 Å². The van der Waals surface area contributed by atoms with Crippen LogP contribution in [0.3, 0.4) is 0 Å². The van der Waals surface area contributed by atoms with Gasteiger partial charge in [-0.1, -0.05) is 194 Å². The van der Waals surface area contributed by atoms with Crippen molar-refractivity contribution >= 4 is 166 Å². The lowest BCUT2D eigenvalue weighted by Gasteiger charge is -2.47. The van der Waals surface area contributed by atoms with Crippen LogP contribution in [0.4, 0.5) is 85.3 Å². The van der Waals surface area contributed by atoms with Gasteiger partial charge in [0.05, 0.1) is 39.8 Å². The molecule has 6 aliphatic heterocycles. The van der Waals surface area contributed by atoms with Gasteiger partial charge >= 0.3 is 0 Å². The van der Waals surface area contributed by atoms with Crippen molar-refractivity contribution in [3.63, 3.8) is 0 Å². The van der Waals surface area contributed by atoms with Crippen LogP contribution in [0, 0.1) is 0 Å². The molecule has 97 heavy (non-hydrogen) atoms. The zero-order chi connectivity index (χ0) is 65.2. The first-order valence-corrected chi connectivity index (χ1v) is 37.0. The normalized spacial score (nSPS) is 17.5. The number of fused-ring (bicyclic) bond motifs is 15. The number of ether oxygens (including phenoxy) is 1. The second-order valence-electron chi connectivity index (χ2n) is 30.5. The average Bonchev–Trinajstić information content (AvgIpc) is 1.67. The molecule has 0 saturated heterocycles. The number of hydrogen-bond acceptors (Lipinski definition) is 9. The minimum absolute atomic E-state index is 0.00283. The Bertz CT molecular complexity index is 5280. The second kappa shape index (κ2) is 20.7. The summed E-state index contributed by atoms with van der Waals surface area (Å²) in [7, 11) is 0. The molecule has 0 amide bonds. The van der Waals surface area contributed by atoms with Gasteiger partial charge in [0.2, 0.25) is 0 Å². The maximum atomic E-state index is 7.98. The lowest BCUT2D eigenvalue weighted by molar-refractivity contribution is 0.332. The van der Waals surface area contributed by atoms with E-state index in [-0.39, 0.29) is 35.1 Å². The largest absolute Gasteiger partial charge is 0.458 e. The van der Waals surface area contributed by atoms with Crippen molar-refractivity contribution in [3.8, 4) is 11.5 Å². The zero-order valence-corrected chi connectivity index (χ0v) is 58.3. The van der Waals surface area contributed by atoms with Crippen LogP contribution >= 0.6 is 34.9 Å². The van der Waals surface area contributed by atoms with Crippen LogP contribution in [0.1, 0.15) is 103 Å². The van der Waals surface area contributed by atoms with Crippen LogP contribution < -0.4 is 61.3 Å². The van der Waals surface area contributed by atoms with Gasteiger partial charge in [-0.05, 0) is 201 Å². The molecule has 11 aromatic carbocycles. The van der Waals surface area contributed by atoms with E-state index in [9.17, 15) is 0 Å². The Morgan fingerprint density at radius 1 is 0.320 bits per heavy atom. The smallest absolute Gasteiger partial charge is 0.268 e. The highest BCUT2D eigenvalue weighted by molar-refractivity contribution is 8.00. The Morgan fingerprint density at radius 3 is 1.37 bits per heavy atom. The summed E-state index contributed by atoms with van der Waals surface area (Å²) >= 11 is 5.78. The number of benzene rings is 11. The van der Waals surface area contributed by atoms with Gasteiger partial charge in [-0.25, -0.2) is 0 Å². The van der Waals surface area contributed by atoms with E-state index in [0.29, 0.717) is 0 Å². The number of rotatable bonds is 5. The van der Waals surface area contributed by atoms with Gasteiger partial charge in [0.1, 0.15) is 11.5 Å². The molecule has 0 saturated carbocycles. The minimum Gasteiger partial charge on any atom is -0.458 e. The molecule has 12 aromatic rings. The van der Waals surface area contributed by atoms with E-state index in [0.717, 1.165) is 88.4 Å². The number of nitrogens with zero attached hydrogens (tertiary/aromatic N) is 5. The van der Waals surface area contributed by atoms with Crippen molar-refractivity contribution in [2.75, 3.05) is 24.5 Å². The highest BCUT2D eigenvalue weighted by Gasteiger charge is 2.53. The molecule has 0 atom stereocenters. The maximum absolute atomic E-state index is 7.98. The Hall–Kier alpha value is -9.25. The van der Waals surface area contributed by atoms with Crippen LogP contribution in [0.25, 0.3) is 0 Å². The summed E-state index contributed by atoms with van der Waals surface area (Å²) in [5, 5.41) is 0. The first-order chi connectivity index (χ1) is 47.1. The highest BCUT2D eigenvalue weighted by Crippen LogP contribution is 2.60. The average molecular weight is 1310 g/mol. The van der Waals surface area contributed by atoms with E-state index < -0.39 is 0 Å². The van der Waals surface area contributed by atoms with Crippen LogP contribution in [-0.4, -0.2) is 13.4 Å². The summed E-state index contributed by atoms with van der Waals surface area (Å²) in [6.07, 6.45) is 4.51. The fraction of sp³-hybridized carbons (Fsp3) is 0.186. The Morgan fingerprint density at radius 2 is 0.784 bits per heavy atom. The zero-order valence-electron chi connectivity index (χ0n) is 55.9. The van der Waals surface area contributed by atoms with Crippen molar-refractivity contribution in [3.05, 3.63) is 258 Å². The fourth-order valence-corrected chi connectivity index (χ4v) is 21.7. The molecule has 2 aliphatic carbocycles. The standard InChI is InChI=1S/C86H71B2N5OS3/c1-83(2)41-42-84(3,4)58-45-54(39-40-57(58)83)90-62-30-16-15-29-59(62)87-60-50-61-71(51-67(60)89(52-25-11-9-12-26-52)68-46-55(47-69(90)78(68)87)91-63-31-17-21-35-73(63)95-74-36-22-18-32-64(74)91)94-72-49-56(92-65-33-19-23-37-75(65)96-76-38-24-20-34-66(76)92)48-70-79(72)88(61)82-80(93(70)53-27-13-10-14-28-53)77-81(97-82)86(7,8)44-43-85(77,5)6/h9-40,45-51H,41-44H2,1-8H3. The molecule has 0 bridgehead atoms. The van der Waals surface area contributed by atoms with E-state index in [1.165, 1.54) is 107 Å². The minimum atomic E-state index is -0.158. The molecule has 8 aliphatic rings. The monoisotopic (exact) mass is 1310 g/mol. The topological polar surface area (TPSA) is 25.4 Å². The molecule has 1 aromatic heterocycles. The number of hydrogen-bond donors (Lipinski definition) is 0. The van der Waals surface area contributed by atoms with Crippen molar-refractivity contribution in [1.29, 1.82) is 0 Å². The summed E-state index contributed by atoms with van der Waals surface area (Å²) < 4.78 is 9.37. The van der Waals surface area contributed by atoms with E-state index in [1.54, 1.807) is 0 Å². The molecule has 0 N–H and O–H groups in total. The van der Waals surface area contributed by atoms with E-state index in [2.05, 4.69) is 328 Å². The molecule has 0 radical (unpaired) electrons. The summed E-state index contributed by atoms with van der Waals surface area (Å²) in [4.78, 5) is 19.3. The molecule has 11 heteroatoms. The van der Waals surface area contributed by atoms with Crippen LogP contribution in [0.5, 0.6) is 11.5 Å². The molecule has 0 unspecified atom stereocenters. The van der Waals surface area contributed by atoms with Gasteiger partial charge in [0, 0.05) is 86.9 Å². The quantitative estimate of drug-likeness (QED) is 0.157. The van der Waals surface area contributed by atoms with Gasteiger partial charge < -0.3 is 29.2 Å². The fourth-order valence-electron chi connectivity index (χ4n) is 17.9. The highest BCUT2D eigenvalue weighted by atomic mass is 32.2. The summed E-state index contributed by atoms with van der Waals surface area (Å²) in [6, 6.07) is 90.0. The van der Waals surface area contributed by atoms with Gasteiger partial charge in [-0.3, -0.25) is 0 Å². The van der Waals surface area contributed by atoms with Gasteiger partial charge in [0.15, 0.2) is 0 Å². The van der Waals surface area contributed by atoms with E-state index in [4.69, 9.17) is 4.74 Å². The van der Waals surface area contributed by atoms with Gasteiger partial charge in [0.25, 0.3) is 13.4 Å². The molecule has 20 rings (SSSR count). The number of para-hydroxylation sites is 7. The molecular formula is C86H71B2N5OS3. The van der Waals surface area contributed by atoms with Crippen LogP contribution in [-0.2, 0) is 21.7 Å². The third-order valence-electron chi connectivity index (χ3n) is 22.8. The first kappa shape index (κ1) is 57.9. The van der Waals surface area contributed by atoms with Gasteiger partial charge in [-0.15, -0.1) is 0 Å². The summed E-state index contributed by atoms with van der Waals surface area (Å²) in [6.45, 7) is 19.5. The first-order valence-electron chi connectivity index (χ1n) is 34.5. The number of anilines is 15. The third-order valence-corrected chi connectivity index (χ3v) is 26.7. The van der Waals surface area contributed by atoms with Gasteiger partial charge in [-0.2, -0.15) is 11.3 Å². The SMILES string of the molecule is CC1(C)CCC(C)(C)c2cc(N3c4ccccc4B4c5cc6c(cc5N(c5ccccc5)c5cc(N7c8ccccc8Sc8ccccc87)cc3c54)Oc3cc(N4c5ccccc5Sc5ccccc54)cc4c3B6c3sc5c(c3N4c3ccccc3)C(C)(C)CCC5(C)C)ccc21. The van der Waals surface area contributed by atoms with E-state index in [1.807, 2.05) is 23.5 Å². The van der Waals surface area contributed by atoms with Crippen molar-refractivity contribution in [1.82, 2.24) is 0 Å². The Labute approximate surface area is 582 Å². The number of thiophene rings is 1. The predicted molar refractivity (Wildman–Crippen MR) is 412 cm³/mol.